The molecule has 0 amide bonds. The molecule has 2 aliphatic heterocycles. The molecule has 0 aliphatic carbocycles. The lowest BCUT2D eigenvalue weighted by Gasteiger charge is -2.31. The lowest BCUT2D eigenvalue weighted by Crippen LogP contribution is -2.35. The summed E-state index contributed by atoms with van der Waals surface area (Å²) >= 11 is 0. The average molecular weight is 278 g/mol. The molecule has 110 valence electrons. The van der Waals surface area contributed by atoms with Crippen molar-refractivity contribution in [2.75, 3.05) is 26.7 Å². The maximum Gasteiger partial charge on any atom is 0.131 e. The lowest BCUT2D eigenvalue weighted by atomic mass is 9.95. The number of benzene rings is 1. The Kier molecular flexibility index (Phi) is 3.69. The molecular formula is C16H23FN2O. The van der Waals surface area contributed by atoms with E-state index in [9.17, 15) is 4.39 Å². The number of hydrogen-bond donors (Lipinski definition) is 1. The highest BCUT2D eigenvalue weighted by Gasteiger charge is 2.44. The van der Waals surface area contributed by atoms with Crippen molar-refractivity contribution in [3.05, 3.63) is 29.6 Å². The summed E-state index contributed by atoms with van der Waals surface area (Å²) in [6, 6.07) is 5.60. The number of ether oxygens (including phenoxy) is 1. The zero-order chi connectivity index (χ0) is 14.3. The molecule has 2 aliphatic rings. The van der Waals surface area contributed by atoms with E-state index in [0.717, 1.165) is 19.6 Å². The number of hydrogen-bond acceptors (Lipinski definition) is 3. The van der Waals surface area contributed by atoms with Gasteiger partial charge in [-0.1, -0.05) is 6.07 Å². The number of rotatable bonds is 3. The Hall–Kier alpha value is -1.13. The third-order valence-corrected chi connectivity index (χ3v) is 5.13. The number of nitrogens with one attached hydrogen (secondary N) is 1. The SMILES string of the molecule is COc1cccc(F)c1C(C)N1CC2CNCC2C1C. The molecule has 2 saturated heterocycles. The molecule has 3 rings (SSSR count). The maximum absolute atomic E-state index is 14.2. The number of fused-ring (bicyclic) bond motifs is 1. The zero-order valence-electron chi connectivity index (χ0n) is 12.4. The van der Waals surface area contributed by atoms with E-state index in [2.05, 4.69) is 24.1 Å². The normalized spacial score (nSPS) is 31.3. The molecule has 0 saturated carbocycles. The van der Waals surface area contributed by atoms with E-state index in [1.54, 1.807) is 13.2 Å². The molecule has 0 bridgehead atoms. The first-order chi connectivity index (χ1) is 9.63. The highest BCUT2D eigenvalue weighted by molar-refractivity contribution is 5.37. The Morgan fingerprint density at radius 2 is 2.20 bits per heavy atom. The van der Waals surface area contributed by atoms with Gasteiger partial charge in [-0.05, 0) is 50.9 Å². The van der Waals surface area contributed by atoms with Crippen LogP contribution in [0.4, 0.5) is 4.39 Å². The molecule has 3 nitrogen and oxygen atoms in total. The summed E-state index contributed by atoms with van der Waals surface area (Å²) in [4.78, 5) is 2.43. The summed E-state index contributed by atoms with van der Waals surface area (Å²) in [5.41, 5.74) is 0.690. The predicted octanol–water partition coefficient (Wildman–Crippen LogP) is 2.44. The molecule has 0 radical (unpaired) electrons. The van der Waals surface area contributed by atoms with E-state index in [0.29, 0.717) is 29.2 Å². The van der Waals surface area contributed by atoms with E-state index >= 15 is 0 Å². The van der Waals surface area contributed by atoms with Gasteiger partial charge in [0.1, 0.15) is 11.6 Å². The largest absolute Gasteiger partial charge is 0.496 e. The monoisotopic (exact) mass is 278 g/mol. The van der Waals surface area contributed by atoms with Crippen molar-refractivity contribution in [3.8, 4) is 5.75 Å². The molecular weight excluding hydrogens is 255 g/mol. The van der Waals surface area contributed by atoms with E-state index in [-0.39, 0.29) is 11.9 Å². The van der Waals surface area contributed by atoms with Crippen LogP contribution >= 0.6 is 0 Å². The van der Waals surface area contributed by atoms with Crippen molar-refractivity contribution < 1.29 is 9.13 Å². The molecule has 1 aromatic rings. The van der Waals surface area contributed by atoms with Crippen LogP contribution in [-0.4, -0.2) is 37.7 Å². The van der Waals surface area contributed by atoms with Crippen LogP contribution < -0.4 is 10.1 Å². The van der Waals surface area contributed by atoms with Crippen LogP contribution in [0.3, 0.4) is 0 Å². The van der Waals surface area contributed by atoms with Gasteiger partial charge in [-0.2, -0.15) is 0 Å². The minimum absolute atomic E-state index is 0.0479. The van der Waals surface area contributed by atoms with E-state index in [1.165, 1.54) is 6.07 Å². The van der Waals surface area contributed by atoms with E-state index in [1.807, 2.05) is 6.07 Å². The fourth-order valence-corrected chi connectivity index (χ4v) is 3.98. The number of likely N-dealkylation sites (tertiary alicyclic amines) is 1. The van der Waals surface area contributed by atoms with Crippen LogP contribution in [0.2, 0.25) is 0 Å². The van der Waals surface area contributed by atoms with Gasteiger partial charge in [0, 0.05) is 24.2 Å². The Balaban J connectivity index is 1.88. The molecule has 4 unspecified atom stereocenters. The predicted molar refractivity (Wildman–Crippen MR) is 77.4 cm³/mol. The lowest BCUT2D eigenvalue weighted by molar-refractivity contribution is 0.176. The number of methoxy groups -OCH3 is 1. The Morgan fingerprint density at radius 1 is 1.40 bits per heavy atom. The third-order valence-electron chi connectivity index (χ3n) is 5.13. The topological polar surface area (TPSA) is 24.5 Å². The molecule has 4 heteroatoms. The third kappa shape index (κ3) is 2.11. The Bertz CT molecular complexity index is 493. The van der Waals surface area contributed by atoms with E-state index in [4.69, 9.17) is 4.74 Å². The van der Waals surface area contributed by atoms with Crippen molar-refractivity contribution in [1.82, 2.24) is 10.2 Å². The van der Waals surface area contributed by atoms with Crippen molar-refractivity contribution >= 4 is 0 Å². The van der Waals surface area contributed by atoms with Gasteiger partial charge in [-0.25, -0.2) is 4.39 Å². The molecule has 20 heavy (non-hydrogen) atoms. The van der Waals surface area contributed by atoms with Gasteiger partial charge in [0.15, 0.2) is 0 Å². The number of halogens is 1. The van der Waals surface area contributed by atoms with Crippen molar-refractivity contribution in [3.63, 3.8) is 0 Å². The first-order valence-electron chi connectivity index (χ1n) is 7.42. The van der Waals surface area contributed by atoms with Crippen LogP contribution in [0, 0.1) is 17.7 Å². The summed E-state index contributed by atoms with van der Waals surface area (Å²) < 4.78 is 19.6. The Labute approximate surface area is 120 Å². The summed E-state index contributed by atoms with van der Waals surface area (Å²) in [6.45, 7) is 7.57. The van der Waals surface area contributed by atoms with Crippen molar-refractivity contribution in [1.29, 1.82) is 0 Å². The molecule has 0 aromatic heterocycles. The quantitative estimate of drug-likeness (QED) is 0.919. The average Bonchev–Trinajstić information content (AvgIpc) is 3.01. The minimum Gasteiger partial charge on any atom is -0.496 e. The fourth-order valence-electron chi connectivity index (χ4n) is 3.98. The first kappa shape index (κ1) is 13.8. The van der Waals surface area contributed by atoms with Crippen LogP contribution in [0.25, 0.3) is 0 Å². The zero-order valence-corrected chi connectivity index (χ0v) is 12.4. The van der Waals surface area contributed by atoms with Crippen LogP contribution in [0.1, 0.15) is 25.5 Å². The minimum atomic E-state index is -0.167. The molecule has 2 heterocycles. The fraction of sp³-hybridized carbons (Fsp3) is 0.625. The van der Waals surface area contributed by atoms with Crippen LogP contribution in [-0.2, 0) is 0 Å². The van der Waals surface area contributed by atoms with Gasteiger partial charge >= 0.3 is 0 Å². The summed E-state index contributed by atoms with van der Waals surface area (Å²) in [5, 5.41) is 3.46. The maximum atomic E-state index is 14.2. The van der Waals surface area contributed by atoms with Gasteiger partial charge in [-0.3, -0.25) is 4.90 Å². The van der Waals surface area contributed by atoms with Gasteiger partial charge < -0.3 is 10.1 Å². The van der Waals surface area contributed by atoms with Crippen LogP contribution in [0.5, 0.6) is 5.75 Å². The van der Waals surface area contributed by atoms with Gasteiger partial charge in [0.05, 0.1) is 7.11 Å². The highest BCUT2D eigenvalue weighted by atomic mass is 19.1. The van der Waals surface area contributed by atoms with E-state index < -0.39 is 0 Å². The molecule has 0 spiro atoms. The van der Waals surface area contributed by atoms with Crippen molar-refractivity contribution in [2.24, 2.45) is 11.8 Å². The second kappa shape index (κ2) is 5.34. The Morgan fingerprint density at radius 3 is 2.90 bits per heavy atom. The molecule has 1 N–H and O–H groups in total. The molecule has 1 aromatic carbocycles. The first-order valence-corrected chi connectivity index (χ1v) is 7.42. The standard InChI is InChI=1S/C16H23FN2O/c1-10-13-8-18-7-12(13)9-19(10)11(2)16-14(17)5-4-6-15(16)20-3/h4-6,10-13,18H,7-9H2,1-3H3. The summed E-state index contributed by atoms with van der Waals surface area (Å²) in [7, 11) is 1.61. The van der Waals surface area contributed by atoms with Gasteiger partial charge in [0.2, 0.25) is 0 Å². The molecule has 4 atom stereocenters. The summed E-state index contributed by atoms with van der Waals surface area (Å²) in [6.07, 6.45) is 0. The van der Waals surface area contributed by atoms with Crippen molar-refractivity contribution in [2.45, 2.75) is 25.9 Å². The smallest absolute Gasteiger partial charge is 0.131 e. The second-order valence-corrected chi connectivity index (χ2v) is 6.05. The summed E-state index contributed by atoms with van der Waals surface area (Å²) in [5.74, 6) is 1.87. The highest BCUT2D eigenvalue weighted by Crippen LogP contribution is 2.40. The van der Waals surface area contributed by atoms with Gasteiger partial charge in [0.25, 0.3) is 0 Å². The van der Waals surface area contributed by atoms with Gasteiger partial charge in [-0.15, -0.1) is 0 Å². The molecule has 2 fully saturated rings. The number of nitrogens with zero attached hydrogens (tertiary/aromatic N) is 1. The second-order valence-electron chi connectivity index (χ2n) is 6.05. The van der Waals surface area contributed by atoms with Crippen LogP contribution in [0.15, 0.2) is 18.2 Å².